The number of nitrogens with zero attached hydrogens (tertiary/aromatic N) is 1. The molecule has 0 radical (unpaired) electrons. The van der Waals surface area contributed by atoms with Crippen molar-refractivity contribution in [3.63, 3.8) is 0 Å². The van der Waals surface area contributed by atoms with E-state index in [-0.39, 0.29) is 17.4 Å². The highest BCUT2D eigenvalue weighted by Gasteiger charge is 2.33. The first-order valence-corrected chi connectivity index (χ1v) is 10.8. The van der Waals surface area contributed by atoms with Gasteiger partial charge in [-0.3, -0.25) is 4.79 Å². The highest BCUT2D eigenvalue weighted by atomic mass is 32.2. The third kappa shape index (κ3) is 4.25. The third-order valence-electron chi connectivity index (χ3n) is 5.04. The van der Waals surface area contributed by atoms with Crippen molar-refractivity contribution in [1.29, 1.82) is 0 Å². The number of rotatable bonds is 4. The number of nitrogens with one attached hydrogen (secondary N) is 1. The van der Waals surface area contributed by atoms with Crippen molar-refractivity contribution in [3.8, 4) is 0 Å². The van der Waals surface area contributed by atoms with Crippen LogP contribution in [0.4, 0.5) is 10.1 Å². The summed E-state index contributed by atoms with van der Waals surface area (Å²) in [7, 11) is -4.02. The maximum Gasteiger partial charge on any atom is 0.255 e. The van der Waals surface area contributed by atoms with Gasteiger partial charge in [0.05, 0.1) is 0 Å². The van der Waals surface area contributed by atoms with Crippen LogP contribution in [0.25, 0.3) is 0 Å². The summed E-state index contributed by atoms with van der Waals surface area (Å²) < 4.78 is 41.8. The molecule has 0 aliphatic carbocycles. The van der Waals surface area contributed by atoms with Crippen molar-refractivity contribution in [2.45, 2.75) is 32.1 Å². The predicted molar refractivity (Wildman–Crippen MR) is 107 cm³/mol. The van der Waals surface area contributed by atoms with Crippen molar-refractivity contribution >= 4 is 21.6 Å². The molecule has 3 rings (SSSR count). The Bertz CT molecular complexity index is 981. The first-order chi connectivity index (χ1) is 13.2. The van der Waals surface area contributed by atoms with Crippen LogP contribution in [0, 0.1) is 24.6 Å². The van der Waals surface area contributed by atoms with Gasteiger partial charge in [-0.1, -0.05) is 32.0 Å². The Morgan fingerprint density at radius 2 is 1.75 bits per heavy atom. The number of sulfonamides is 1. The monoisotopic (exact) mass is 404 g/mol. The number of para-hydroxylation sites is 1. The van der Waals surface area contributed by atoms with E-state index in [9.17, 15) is 17.6 Å². The number of amides is 1. The molecule has 2 aromatic rings. The van der Waals surface area contributed by atoms with Crippen LogP contribution >= 0.6 is 0 Å². The lowest BCUT2D eigenvalue weighted by atomic mass is 9.94. The number of hydrogen-bond acceptors (Lipinski definition) is 3. The Kier molecular flexibility index (Phi) is 5.86. The Morgan fingerprint density at radius 1 is 1.11 bits per heavy atom. The van der Waals surface area contributed by atoms with Gasteiger partial charge in [0.2, 0.25) is 10.0 Å². The molecule has 0 aromatic heterocycles. The zero-order valence-corrected chi connectivity index (χ0v) is 17.1. The molecular weight excluding hydrogens is 379 g/mol. The summed E-state index contributed by atoms with van der Waals surface area (Å²) >= 11 is 0. The van der Waals surface area contributed by atoms with Crippen LogP contribution < -0.4 is 5.32 Å². The molecular formula is C21H25FN2O3S. The Balaban J connectivity index is 1.91. The first kappa shape index (κ1) is 20.5. The molecule has 1 N–H and O–H groups in total. The Morgan fingerprint density at radius 3 is 2.39 bits per heavy atom. The average molecular weight is 405 g/mol. The molecule has 1 fully saturated rings. The zero-order valence-electron chi connectivity index (χ0n) is 16.3. The van der Waals surface area contributed by atoms with E-state index in [2.05, 4.69) is 5.32 Å². The summed E-state index contributed by atoms with van der Waals surface area (Å²) in [6.07, 6.45) is 0.938. The van der Waals surface area contributed by atoms with Gasteiger partial charge in [0, 0.05) is 24.3 Å². The standard InChI is InChI=1S/C21H25FN2O3S/c1-14-10-15(2)13-24(12-14)28(26,27)20-11-17(8-9-18(20)22)21(25)23-19-7-5-4-6-16(19)3/h4-9,11,14-15H,10,12-13H2,1-3H3,(H,23,25)/t14-,15-/m0/s1. The topological polar surface area (TPSA) is 66.5 Å². The van der Waals surface area contributed by atoms with Crippen LogP contribution in [0.5, 0.6) is 0 Å². The van der Waals surface area contributed by atoms with Gasteiger partial charge in [0.25, 0.3) is 5.91 Å². The number of aryl methyl sites for hydroxylation is 1. The van der Waals surface area contributed by atoms with Gasteiger partial charge in [-0.15, -0.1) is 0 Å². The van der Waals surface area contributed by atoms with Gasteiger partial charge in [0.15, 0.2) is 0 Å². The van der Waals surface area contributed by atoms with Crippen LogP contribution in [0.15, 0.2) is 47.4 Å². The molecule has 0 spiro atoms. The molecule has 1 saturated heterocycles. The van der Waals surface area contributed by atoms with Crippen molar-refractivity contribution < 1.29 is 17.6 Å². The summed E-state index contributed by atoms with van der Waals surface area (Å²) in [6.45, 7) is 6.54. The van der Waals surface area contributed by atoms with Crippen LogP contribution in [0.2, 0.25) is 0 Å². The minimum atomic E-state index is -4.02. The SMILES string of the molecule is Cc1ccccc1NC(=O)c1ccc(F)c(S(=O)(=O)N2C[C@@H](C)C[C@H](C)C2)c1. The van der Waals surface area contributed by atoms with Gasteiger partial charge >= 0.3 is 0 Å². The Labute approximate surface area is 165 Å². The fourth-order valence-electron chi connectivity index (χ4n) is 3.69. The van der Waals surface area contributed by atoms with Gasteiger partial charge in [-0.2, -0.15) is 4.31 Å². The lowest BCUT2D eigenvalue weighted by Crippen LogP contribution is -2.42. The molecule has 1 heterocycles. The smallest absolute Gasteiger partial charge is 0.255 e. The van der Waals surface area contributed by atoms with E-state index in [1.807, 2.05) is 32.9 Å². The van der Waals surface area contributed by atoms with Crippen LogP contribution in [-0.4, -0.2) is 31.7 Å². The summed E-state index contributed by atoms with van der Waals surface area (Å²) in [5.74, 6) is -0.923. The summed E-state index contributed by atoms with van der Waals surface area (Å²) in [5.41, 5.74) is 1.60. The van der Waals surface area contributed by atoms with E-state index in [1.54, 1.807) is 12.1 Å². The van der Waals surface area contributed by atoms with Crippen molar-refractivity contribution in [2.75, 3.05) is 18.4 Å². The van der Waals surface area contributed by atoms with Gasteiger partial charge < -0.3 is 5.32 Å². The maximum absolute atomic E-state index is 14.4. The van der Waals surface area contributed by atoms with Gasteiger partial charge in [0.1, 0.15) is 10.7 Å². The van der Waals surface area contributed by atoms with Gasteiger partial charge in [-0.05, 0) is 55.0 Å². The highest BCUT2D eigenvalue weighted by Crippen LogP contribution is 2.28. The van der Waals surface area contributed by atoms with Crippen molar-refractivity contribution in [3.05, 3.63) is 59.4 Å². The number of carbonyl (C=O) groups excluding carboxylic acids is 1. The van der Waals surface area contributed by atoms with E-state index in [0.29, 0.717) is 18.8 Å². The lowest BCUT2D eigenvalue weighted by molar-refractivity contribution is 0.102. The fraction of sp³-hybridized carbons (Fsp3) is 0.381. The predicted octanol–water partition coefficient (Wildman–Crippen LogP) is 4.05. The molecule has 1 aliphatic rings. The summed E-state index contributed by atoms with van der Waals surface area (Å²) in [6, 6.07) is 10.7. The molecule has 5 nitrogen and oxygen atoms in total. The molecule has 0 unspecified atom stereocenters. The van der Waals surface area contributed by atoms with E-state index in [4.69, 9.17) is 0 Å². The number of benzene rings is 2. The molecule has 1 aliphatic heterocycles. The van der Waals surface area contributed by atoms with E-state index < -0.39 is 26.6 Å². The molecule has 0 bridgehead atoms. The summed E-state index contributed by atoms with van der Waals surface area (Å²) in [5, 5.41) is 2.75. The Hall–Kier alpha value is -2.25. The van der Waals surface area contributed by atoms with E-state index >= 15 is 0 Å². The quantitative estimate of drug-likeness (QED) is 0.836. The number of anilines is 1. The molecule has 2 atom stereocenters. The second-order valence-electron chi connectivity index (χ2n) is 7.68. The molecule has 2 aromatic carbocycles. The second-order valence-corrected chi connectivity index (χ2v) is 9.59. The van der Waals surface area contributed by atoms with Crippen LogP contribution in [0.3, 0.4) is 0 Å². The molecule has 1 amide bonds. The minimum absolute atomic E-state index is 0.0985. The fourth-order valence-corrected chi connectivity index (χ4v) is 5.46. The van der Waals surface area contributed by atoms with Crippen LogP contribution in [-0.2, 0) is 10.0 Å². The van der Waals surface area contributed by atoms with E-state index in [0.717, 1.165) is 24.1 Å². The van der Waals surface area contributed by atoms with Gasteiger partial charge in [-0.25, -0.2) is 12.8 Å². The number of carbonyl (C=O) groups is 1. The molecule has 0 saturated carbocycles. The minimum Gasteiger partial charge on any atom is -0.322 e. The van der Waals surface area contributed by atoms with Crippen molar-refractivity contribution in [1.82, 2.24) is 4.31 Å². The average Bonchev–Trinajstić information content (AvgIpc) is 2.63. The number of hydrogen-bond donors (Lipinski definition) is 1. The largest absolute Gasteiger partial charge is 0.322 e. The highest BCUT2D eigenvalue weighted by molar-refractivity contribution is 7.89. The number of halogens is 1. The van der Waals surface area contributed by atoms with Crippen LogP contribution in [0.1, 0.15) is 36.2 Å². The van der Waals surface area contributed by atoms with Crippen molar-refractivity contribution in [2.24, 2.45) is 11.8 Å². The normalized spacial score (nSPS) is 20.7. The molecule has 150 valence electrons. The zero-order chi connectivity index (χ0) is 20.5. The maximum atomic E-state index is 14.4. The summed E-state index contributed by atoms with van der Waals surface area (Å²) in [4.78, 5) is 12.1. The first-order valence-electron chi connectivity index (χ1n) is 9.35. The third-order valence-corrected chi connectivity index (χ3v) is 6.89. The second kappa shape index (κ2) is 8.01. The van der Waals surface area contributed by atoms with E-state index in [1.165, 1.54) is 10.4 Å². The molecule has 7 heteroatoms. The number of piperidine rings is 1. The lowest BCUT2D eigenvalue weighted by Gasteiger charge is -2.34. The molecule has 28 heavy (non-hydrogen) atoms.